The minimum Gasteiger partial charge on any atom is -0.507 e. The van der Waals surface area contributed by atoms with Crippen LogP contribution in [0.5, 0.6) is 5.75 Å². The highest BCUT2D eigenvalue weighted by atomic mass is 16.3. The number of benzene rings is 1. The molecule has 0 heterocycles. The smallest absolute Gasteiger partial charge is 0.153 e. The van der Waals surface area contributed by atoms with Crippen LogP contribution in [-0.2, 0) is 0 Å². The largest absolute Gasteiger partial charge is 0.507 e. The minimum atomic E-state index is -1.25. The molecule has 0 bridgehead atoms. The summed E-state index contributed by atoms with van der Waals surface area (Å²) in [5.41, 5.74) is 0.309. The number of carbonyl (C=O) groups excluding carboxylic acids is 1. The van der Waals surface area contributed by atoms with E-state index in [9.17, 15) is 20.1 Å². The molecule has 1 aromatic carbocycles. The van der Waals surface area contributed by atoms with Crippen molar-refractivity contribution in [3.8, 4) is 11.8 Å². The first-order chi connectivity index (χ1) is 7.60. The highest BCUT2D eigenvalue weighted by molar-refractivity contribution is 5.79. The summed E-state index contributed by atoms with van der Waals surface area (Å²) in [6.07, 6.45) is -2.23. The van der Waals surface area contributed by atoms with Crippen molar-refractivity contribution >= 4 is 6.29 Å². The maximum absolute atomic E-state index is 10.5. The lowest BCUT2D eigenvalue weighted by atomic mass is 10.0. The number of hydrogen-bond acceptors (Lipinski definition) is 5. The Balaban J connectivity index is 2.96. The maximum Gasteiger partial charge on any atom is 0.153 e. The molecule has 3 N–H and O–H groups in total. The van der Waals surface area contributed by atoms with Crippen molar-refractivity contribution in [1.82, 2.24) is 0 Å². The third-order valence-electron chi connectivity index (χ3n) is 2.18. The number of hydrogen-bond donors (Lipinski definition) is 3. The summed E-state index contributed by atoms with van der Waals surface area (Å²) in [7, 11) is 0. The summed E-state index contributed by atoms with van der Waals surface area (Å²) in [5.74, 6) is -0.194. The topological polar surface area (TPSA) is 102 Å². The average Bonchev–Trinajstić information content (AvgIpc) is 2.29. The molecule has 0 aliphatic carbocycles. The molecule has 0 spiro atoms. The molecule has 1 rings (SSSR count). The van der Waals surface area contributed by atoms with Gasteiger partial charge in [-0.1, -0.05) is 6.07 Å². The van der Waals surface area contributed by atoms with E-state index in [1.807, 2.05) is 0 Å². The van der Waals surface area contributed by atoms with Crippen molar-refractivity contribution in [2.75, 3.05) is 0 Å². The Kier molecular flexibility index (Phi) is 4.00. The van der Waals surface area contributed by atoms with Crippen LogP contribution in [0.25, 0.3) is 0 Å². The van der Waals surface area contributed by atoms with E-state index >= 15 is 0 Å². The predicted molar refractivity (Wildman–Crippen MR) is 54.7 cm³/mol. The molecular formula is C11H11NO4. The van der Waals surface area contributed by atoms with E-state index in [-0.39, 0.29) is 23.3 Å². The number of aldehydes is 1. The summed E-state index contributed by atoms with van der Waals surface area (Å²) in [5, 5.41) is 36.6. The van der Waals surface area contributed by atoms with Gasteiger partial charge in [-0.05, 0) is 17.7 Å². The Hall–Kier alpha value is -1.90. The minimum absolute atomic E-state index is 0.0284. The molecule has 2 atom stereocenters. The summed E-state index contributed by atoms with van der Waals surface area (Å²) in [4.78, 5) is 10.5. The van der Waals surface area contributed by atoms with E-state index in [0.717, 1.165) is 0 Å². The molecule has 1 aromatic rings. The number of aliphatic hydroxyl groups is 2. The van der Waals surface area contributed by atoms with Crippen LogP contribution >= 0.6 is 0 Å². The molecule has 5 nitrogen and oxygen atoms in total. The van der Waals surface area contributed by atoms with Crippen LogP contribution < -0.4 is 0 Å². The van der Waals surface area contributed by atoms with Crippen LogP contribution in [-0.4, -0.2) is 27.7 Å². The zero-order valence-corrected chi connectivity index (χ0v) is 8.37. The lowest BCUT2D eigenvalue weighted by Crippen LogP contribution is -2.17. The number of nitrogens with zero attached hydrogens (tertiary/aromatic N) is 1. The highest BCUT2D eigenvalue weighted by Gasteiger charge is 2.18. The van der Waals surface area contributed by atoms with Crippen molar-refractivity contribution in [3.05, 3.63) is 29.3 Å². The number of carbonyl (C=O) groups is 1. The van der Waals surface area contributed by atoms with E-state index in [1.165, 1.54) is 18.2 Å². The zero-order chi connectivity index (χ0) is 12.1. The summed E-state index contributed by atoms with van der Waals surface area (Å²) in [6.45, 7) is 0. The molecule has 0 fully saturated rings. The molecule has 0 radical (unpaired) electrons. The molecule has 5 heteroatoms. The Labute approximate surface area is 92.2 Å². The van der Waals surface area contributed by atoms with Gasteiger partial charge in [-0.15, -0.1) is 0 Å². The Morgan fingerprint density at radius 1 is 1.44 bits per heavy atom. The van der Waals surface area contributed by atoms with Gasteiger partial charge in [0.05, 0.1) is 24.2 Å². The van der Waals surface area contributed by atoms with Crippen LogP contribution in [0.15, 0.2) is 18.2 Å². The number of phenolic OH excluding ortho intramolecular Hbond substituents is 1. The van der Waals surface area contributed by atoms with Crippen LogP contribution in [0.1, 0.15) is 28.4 Å². The molecule has 0 aromatic heterocycles. The number of phenols is 1. The summed E-state index contributed by atoms with van der Waals surface area (Å²) < 4.78 is 0. The van der Waals surface area contributed by atoms with Crippen molar-refractivity contribution < 1.29 is 20.1 Å². The van der Waals surface area contributed by atoms with Gasteiger partial charge in [0.2, 0.25) is 0 Å². The van der Waals surface area contributed by atoms with Gasteiger partial charge in [-0.3, -0.25) is 4.79 Å². The fourth-order valence-electron chi connectivity index (χ4n) is 1.28. The van der Waals surface area contributed by atoms with Crippen LogP contribution in [0.4, 0.5) is 0 Å². The predicted octanol–water partition coefficient (Wildman–Crippen LogP) is 0.513. The van der Waals surface area contributed by atoms with E-state index < -0.39 is 12.2 Å². The second-order valence-corrected chi connectivity index (χ2v) is 3.31. The molecule has 0 saturated heterocycles. The molecule has 84 valence electrons. The fraction of sp³-hybridized carbons (Fsp3) is 0.273. The van der Waals surface area contributed by atoms with E-state index in [0.29, 0.717) is 6.29 Å². The van der Waals surface area contributed by atoms with Crippen LogP contribution in [0, 0.1) is 11.3 Å². The standard InChI is InChI=1S/C11H11NO4/c12-4-3-10(15)11(16)7-1-2-9(14)8(5-7)6-13/h1-2,5-6,10-11,14-16H,3H2. The van der Waals surface area contributed by atoms with Gasteiger partial charge in [0, 0.05) is 0 Å². The lowest BCUT2D eigenvalue weighted by molar-refractivity contribution is 0.0216. The highest BCUT2D eigenvalue weighted by Crippen LogP contribution is 2.23. The quantitative estimate of drug-likeness (QED) is 0.643. The fourth-order valence-corrected chi connectivity index (χ4v) is 1.28. The Bertz CT molecular complexity index is 424. The third kappa shape index (κ3) is 2.57. The normalized spacial score (nSPS) is 13.8. The average molecular weight is 221 g/mol. The van der Waals surface area contributed by atoms with Crippen LogP contribution in [0.2, 0.25) is 0 Å². The summed E-state index contributed by atoms with van der Waals surface area (Å²) >= 11 is 0. The van der Waals surface area contributed by atoms with Crippen molar-refractivity contribution in [3.63, 3.8) is 0 Å². The first-order valence-corrected chi connectivity index (χ1v) is 4.61. The zero-order valence-electron chi connectivity index (χ0n) is 8.37. The van der Waals surface area contributed by atoms with E-state index in [2.05, 4.69) is 0 Å². The van der Waals surface area contributed by atoms with Gasteiger partial charge in [0.1, 0.15) is 11.9 Å². The second-order valence-electron chi connectivity index (χ2n) is 3.31. The SMILES string of the molecule is N#CCC(O)C(O)c1ccc(O)c(C=O)c1. The van der Waals surface area contributed by atoms with Gasteiger partial charge in [-0.2, -0.15) is 5.26 Å². The van der Waals surface area contributed by atoms with Crippen molar-refractivity contribution in [1.29, 1.82) is 5.26 Å². The van der Waals surface area contributed by atoms with Crippen molar-refractivity contribution in [2.45, 2.75) is 18.6 Å². The molecule has 0 saturated carbocycles. The maximum atomic E-state index is 10.5. The number of rotatable bonds is 4. The number of aliphatic hydroxyl groups excluding tert-OH is 2. The first-order valence-electron chi connectivity index (χ1n) is 4.61. The second kappa shape index (κ2) is 5.26. The van der Waals surface area contributed by atoms with Gasteiger partial charge in [0.15, 0.2) is 6.29 Å². The number of nitriles is 1. The number of aromatic hydroxyl groups is 1. The van der Waals surface area contributed by atoms with Gasteiger partial charge in [0.25, 0.3) is 0 Å². The molecule has 2 unspecified atom stereocenters. The molecule has 0 aliphatic rings. The third-order valence-corrected chi connectivity index (χ3v) is 2.18. The molecular weight excluding hydrogens is 210 g/mol. The molecule has 0 amide bonds. The van der Waals surface area contributed by atoms with E-state index in [1.54, 1.807) is 6.07 Å². The lowest BCUT2D eigenvalue weighted by Gasteiger charge is -2.15. The summed E-state index contributed by atoms with van der Waals surface area (Å²) in [6, 6.07) is 5.63. The van der Waals surface area contributed by atoms with Crippen LogP contribution in [0.3, 0.4) is 0 Å². The molecule has 0 aliphatic heterocycles. The Morgan fingerprint density at radius 2 is 2.12 bits per heavy atom. The van der Waals surface area contributed by atoms with Gasteiger partial charge < -0.3 is 15.3 Å². The van der Waals surface area contributed by atoms with Gasteiger partial charge in [-0.25, -0.2) is 0 Å². The van der Waals surface area contributed by atoms with Gasteiger partial charge >= 0.3 is 0 Å². The monoisotopic (exact) mass is 221 g/mol. The Morgan fingerprint density at radius 3 is 2.69 bits per heavy atom. The van der Waals surface area contributed by atoms with Crippen molar-refractivity contribution in [2.24, 2.45) is 0 Å². The molecule has 16 heavy (non-hydrogen) atoms. The van der Waals surface area contributed by atoms with E-state index in [4.69, 9.17) is 5.26 Å². The first kappa shape index (κ1) is 12.2.